The number of alkyl carbamates (subject to hydrolysis) is 1. The van der Waals surface area contributed by atoms with Crippen LogP contribution in [0.5, 0.6) is 0 Å². The lowest BCUT2D eigenvalue weighted by molar-refractivity contribution is 0.0498. The monoisotopic (exact) mass is 384 g/mol. The second-order valence-electron chi connectivity index (χ2n) is 5.58. The predicted molar refractivity (Wildman–Crippen MR) is 86.8 cm³/mol. The number of halogens is 1. The van der Waals surface area contributed by atoms with Gasteiger partial charge in [-0.3, -0.25) is 4.99 Å². The number of amides is 1. The fraction of sp³-hybridized carbons (Fsp3) is 0.833. The molecule has 0 radical (unpaired) electrons. The van der Waals surface area contributed by atoms with Crippen molar-refractivity contribution in [2.45, 2.75) is 45.3 Å². The van der Waals surface area contributed by atoms with E-state index in [0.717, 1.165) is 12.8 Å². The van der Waals surface area contributed by atoms with Gasteiger partial charge in [0.25, 0.3) is 0 Å². The summed E-state index contributed by atoms with van der Waals surface area (Å²) < 4.78 is 5.24. The maximum Gasteiger partial charge on any atom is 0.407 e. The molecule has 7 heteroatoms. The number of nitrogens with two attached hydrogens (primary N) is 1. The zero-order chi connectivity index (χ0) is 13.8. The van der Waals surface area contributed by atoms with E-state index in [1.165, 1.54) is 0 Å². The molecule has 6 nitrogen and oxygen atoms in total. The number of hydrogen-bond donors (Lipinski definition) is 3. The lowest BCUT2D eigenvalue weighted by Crippen LogP contribution is -2.48. The first-order valence-corrected chi connectivity index (χ1v) is 6.27. The Bertz CT molecular complexity index is 324. The van der Waals surface area contributed by atoms with Crippen molar-refractivity contribution < 1.29 is 9.53 Å². The van der Waals surface area contributed by atoms with Crippen LogP contribution in [0.3, 0.4) is 0 Å². The highest BCUT2D eigenvalue weighted by Gasteiger charge is 2.33. The van der Waals surface area contributed by atoms with Gasteiger partial charge in [-0.25, -0.2) is 4.79 Å². The zero-order valence-corrected chi connectivity index (χ0v) is 14.4. The molecule has 0 aromatic heterocycles. The maximum atomic E-state index is 11.7. The van der Waals surface area contributed by atoms with Crippen LogP contribution in [0, 0.1) is 5.92 Å². The Balaban J connectivity index is 0.00000324. The Labute approximate surface area is 132 Å². The molecule has 1 saturated carbocycles. The Kier molecular flexibility index (Phi) is 7.46. The molecule has 1 unspecified atom stereocenters. The molecule has 1 aliphatic rings. The van der Waals surface area contributed by atoms with Crippen molar-refractivity contribution in [3.63, 3.8) is 0 Å². The number of nitrogens with zero attached hydrogens (tertiary/aromatic N) is 1. The Morgan fingerprint density at radius 2 is 2.05 bits per heavy atom. The van der Waals surface area contributed by atoms with Crippen LogP contribution in [0.25, 0.3) is 0 Å². The van der Waals surface area contributed by atoms with Gasteiger partial charge in [0.1, 0.15) is 5.60 Å². The first-order valence-electron chi connectivity index (χ1n) is 6.27. The number of aliphatic imine (C=N–C) groups is 1. The fourth-order valence-corrected chi connectivity index (χ4v) is 1.59. The Morgan fingerprint density at radius 1 is 1.47 bits per heavy atom. The molecule has 0 saturated heterocycles. The van der Waals surface area contributed by atoms with Gasteiger partial charge in [-0.2, -0.15) is 0 Å². The second kappa shape index (κ2) is 7.76. The van der Waals surface area contributed by atoms with E-state index in [9.17, 15) is 4.79 Å². The fourth-order valence-electron chi connectivity index (χ4n) is 1.59. The van der Waals surface area contributed by atoms with Gasteiger partial charge in [0.05, 0.1) is 6.04 Å². The molecule has 1 fully saturated rings. The molecule has 0 bridgehead atoms. The predicted octanol–water partition coefficient (Wildman–Crippen LogP) is 1.44. The molecule has 0 aliphatic heterocycles. The van der Waals surface area contributed by atoms with E-state index < -0.39 is 5.60 Å². The van der Waals surface area contributed by atoms with Gasteiger partial charge < -0.3 is 21.1 Å². The summed E-state index contributed by atoms with van der Waals surface area (Å²) in [5.74, 6) is 0.890. The van der Waals surface area contributed by atoms with Crippen molar-refractivity contribution in [1.29, 1.82) is 0 Å². The molecule has 19 heavy (non-hydrogen) atoms. The number of rotatable bonds is 4. The minimum absolute atomic E-state index is 0. The van der Waals surface area contributed by atoms with E-state index in [0.29, 0.717) is 18.4 Å². The SMILES string of the molecule is CN=C(N)NCC(NC(=O)OC(C)(C)C)C1CC1.I. The van der Waals surface area contributed by atoms with Gasteiger partial charge in [-0.15, -0.1) is 24.0 Å². The van der Waals surface area contributed by atoms with Crippen LogP contribution in [0.15, 0.2) is 4.99 Å². The average Bonchev–Trinajstić information content (AvgIpc) is 3.04. The van der Waals surface area contributed by atoms with Crippen LogP contribution in [-0.4, -0.2) is 37.3 Å². The van der Waals surface area contributed by atoms with Crippen LogP contribution >= 0.6 is 24.0 Å². The summed E-state index contributed by atoms with van der Waals surface area (Å²) in [6.45, 7) is 6.11. The van der Waals surface area contributed by atoms with Crippen molar-refractivity contribution in [3.8, 4) is 0 Å². The van der Waals surface area contributed by atoms with Crippen LogP contribution in [0.1, 0.15) is 33.6 Å². The summed E-state index contributed by atoms with van der Waals surface area (Å²) in [5.41, 5.74) is 5.09. The van der Waals surface area contributed by atoms with Crippen LogP contribution in [0.4, 0.5) is 4.79 Å². The highest BCUT2D eigenvalue weighted by molar-refractivity contribution is 14.0. The van der Waals surface area contributed by atoms with Gasteiger partial charge in [0.15, 0.2) is 5.96 Å². The molecule has 1 aliphatic carbocycles. The topological polar surface area (TPSA) is 88.7 Å². The third-order valence-electron chi connectivity index (χ3n) is 2.64. The van der Waals surface area contributed by atoms with E-state index in [-0.39, 0.29) is 36.1 Å². The van der Waals surface area contributed by atoms with Gasteiger partial charge in [-0.1, -0.05) is 0 Å². The first-order chi connectivity index (χ1) is 8.31. The minimum atomic E-state index is -0.477. The van der Waals surface area contributed by atoms with Crippen molar-refractivity contribution in [2.75, 3.05) is 13.6 Å². The van der Waals surface area contributed by atoms with E-state index >= 15 is 0 Å². The molecule has 1 amide bonds. The molecule has 0 spiro atoms. The van der Waals surface area contributed by atoms with Crippen LogP contribution in [0.2, 0.25) is 0 Å². The Hall–Kier alpha value is -0.730. The highest BCUT2D eigenvalue weighted by atomic mass is 127. The van der Waals surface area contributed by atoms with Gasteiger partial charge >= 0.3 is 6.09 Å². The largest absolute Gasteiger partial charge is 0.444 e. The first kappa shape index (κ1) is 18.3. The molecule has 0 heterocycles. The molecule has 0 aromatic carbocycles. The molecule has 1 rings (SSSR count). The summed E-state index contributed by atoms with van der Waals surface area (Å²) in [5, 5.41) is 5.86. The summed E-state index contributed by atoms with van der Waals surface area (Å²) in [7, 11) is 1.62. The van der Waals surface area contributed by atoms with Crippen molar-refractivity contribution >= 4 is 36.0 Å². The van der Waals surface area contributed by atoms with Crippen molar-refractivity contribution in [1.82, 2.24) is 10.6 Å². The maximum absolute atomic E-state index is 11.7. The van der Waals surface area contributed by atoms with E-state index in [1.54, 1.807) is 7.05 Å². The highest BCUT2D eigenvalue weighted by Crippen LogP contribution is 2.32. The molecule has 4 N–H and O–H groups in total. The number of hydrogen-bond acceptors (Lipinski definition) is 3. The quantitative estimate of drug-likeness (QED) is 0.389. The third-order valence-corrected chi connectivity index (χ3v) is 2.64. The summed E-state index contributed by atoms with van der Waals surface area (Å²) in [6.07, 6.45) is 1.88. The lowest BCUT2D eigenvalue weighted by atomic mass is 10.2. The minimum Gasteiger partial charge on any atom is -0.444 e. The van der Waals surface area contributed by atoms with Crippen molar-refractivity contribution in [2.24, 2.45) is 16.6 Å². The molecular formula is C12H25IN4O2. The van der Waals surface area contributed by atoms with E-state index in [1.807, 2.05) is 20.8 Å². The van der Waals surface area contributed by atoms with Crippen LogP contribution < -0.4 is 16.4 Å². The smallest absolute Gasteiger partial charge is 0.407 e. The van der Waals surface area contributed by atoms with E-state index in [2.05, 4.69) is 15.6 Å². The molecule has 0 aromatic rings. The summed E-state index contributed by atoms with van der Waals surface area (Å²) in [4.78, 5) is 15.5. The van der Waals surface area contributed by atoms with E-state index in [4.69, 9.17) is 10.5 Å². The zero-order valence-electron chi connectivity index (χ0n) is 12.0. The lowest BCUT2D eigenvalue weighted by Gasteiger charge is -2.24. The van der Waals surface area contributed by atoms with Crippen LogP contribution in [-0.2, 0) is 4.74 Å². The molecule has 1 atom stereocenters. The normalized spacial score (nSPS) is 17.2. The summed E-state index contributed by atoms with van der Waals surface area (Å²) in [6, 6.07) is 0.0418. The Morgan fingerprint density at radius 3 is 2.47 bits per heavy atom. The average molecular weight is 384 g/mol. The summed E-state index contributed by atoms with van der Waals surface area (Å²) >= 11 is 0. The molecule has 112 valence electrons. The van der Waals surface area contributed by atoms with Gasteiger partial charge in [-0.05, 0) is 39.5 Å². The third kappa shape index (κ3) is 8.12. The van der Waals surface area contributed by atoms with Gasteiger partial charge in [0.2, 0.25) is 0 Å². The number of guanidine groups is 1. The van der Waals surface area contributed by atoms with Gasteiger partial charge in [0, 0.05) is 13.6 Å². The number of ether oxygens (including phenoxy) is 1. The number of nitrogens with one attached hydrogen (secondary N) is 2. The molecular weight excluding hydrogens is 359 g/mol. The van der Waals surface area contributed by atoms with Crippen molar-refractivity contribution in [3.05, 3.63) is 0 Å². The number of carbonyl (C=O) groups excluding carboxylic acids is 1. The number of carbonyl (C=O) groups is 1. The second-order valence-corrected chi connectivity index (χ2v) is 5.58. The standard InChI is InChI=1S/C12H24N4O2.HI/c1-12(2,3)18-11(17)16-9(8-5-6-8)7-15-10(13)14-4;/h8-9H,5-7H2,1-4H3,(H,16,17)(H3,13,14,15);1H.